The highest BCUT2D eigenvalue weighted by Crippen LogP contribution is 2.27. The van der Waals surface area contributed by atoms with E-state index in [-0.39, 0.29) is 12.1 Å². The van der Waals surface area contributed by atoms with Gasteiger partial charge in [-0.3, -0.25) is 4.68 Å². The molecule has 1 aromatic heterocycles. The summed E-state index contributed by atoms with van der Waals surface area (Å²) in [5.74, 6) is 0. The molecule has 0 amide bonds. The van der Waals surface area contributed by atoms with Crippen molar-refractivity contribution in [1.29, 1.82) is 0 Å². The fourth-order valence-corrected chi connectivity index (χ4v) is 1.88. The second kappa shape index (κ2) is 3.27. The van der Waals surface area contributed by atoms with E-state index in [4.69, 9.17) is 0 Å². The maximum atomic E-state index is 9.68. The molecule has 1 N–H and O–H groups in total. The summed E-state index contributed by atoms with van der Waals surface area (Å²) in [6.45, 7) is 0. The van der Waals surface area contributed by atoms with Crippen LogP contribution >= 0.6 is 0 Å². The molecule has 66 valence electrons. The van der Waals surface area contributed by atoms with Crippen LogP contribution < -0.4 is 0 Å². The van der Waals surface area contributed by atoms with E-state index in [1.807, 2.05) is 16.9 Å². The van der Waals surface area contributed by atoms with E-state index in [2.05, 4.69) is 5.10 Å². The van der Waals surface area contributed by atoms with Crippen LogP contribution in [0.4, 0.5) is 0 Å². The Labute approximate surface area is 72.0 Å². The van der Waals surface area contributed by atoms with Gasteiger partial charge < -0.3 is 5.11 Å². The van der Waals surface area contributed by atoms with Gasteiger partial charge in [0.1, 0.15) is 0 Å². The van der Waals surface area contributed by atoms with Crippen LogP contribution in [-0.2, 0) is 0 Å². The fraction of sp³-hybridized carbons (Fsp3) is 0.667. The third-order valence-electron chi connectivity index (χ3n) is 2.56. The van der Waals surface area contributed by atoms with Crippen LogP contribution in [0.15, 0.2) is 18.5 Å². The molecule has 1 aliphatic carbocycles. The molecule has 1 aliphatic rings. The van der Waals surface area contributed by atoms with Crippen LogP contribution in [0.3, 0.4) is 0 Å². The molecular formula is C9H14N2O. The van der Waals surface area contributed by atoms with Crippen LogP contribution in [-0.4, -0.2) is 21.0 Å². The highest BCUT2D eigenvalue weighted by molar-refractivity contribution is 4.86. The van der Waals surface area contributed by atoms with Crippen LogP contribution in [0.5, 0.6) is 0 Å². The minimum absolute atomic E-state index is 0.196. The van der Waals surface area contributed by atoms with Crippen molar-refractivity contribution in [3.05, 3.63) is 18.5 Å². The predicted octanol–water partition coefficient (Wildman–Crippen LogP) is 1.36. The summed E-state index contributed by atoms with van der Waals surface area (Å²) in [5, 5.41) is 13.8. The molecule has 0 spiro atoms. The van der Waals surface area contributed by atoms with Gasteiger partial charge in [-0.15, -0.1) is 0 Å². The Bertz CT molecular complexity index is 233. The molecule has 0 unspecified atom stereocenters. The normalized spacial score (nSPS) is 30.4. The lowest BCUT2D eigenvalue weighted by molar-refractivity contribution is 0.0694. The molecule has 0 aromatic carbocycles. The summed E-state index contributed by atoms with van der Waals surface area (Å²) in [6.07, 6.45) is 7.84. The monoisotopic (exact) mass is 166 g/mol. The zero-order chi connectivity index (χ0) is 8.39. The number of aliphatic hydroxyl groups is 1. The Kier molecular flexibility index (Phi) is 2.13. The molecule has 2 rings (SSSR count). The lowest BCUT2D eigenvalue weighted by atomic mass is 9.93. The van der Waals surface area contributed by atoms with Crippen molar-refractivity contribution in [3.63, 3.8) is 0 Å². The molecule has 1 heterocycles. The Morgan fingerprint density at radius 3 is 2.83 bits per heavy atom. The number of aliphatic hydroxyl groups excluding tert-OH is 1. The van der Waals surface area contributed by atoms with Crippen molar-refractivity contribution in [3.8, 4) is 0 Å². The topological polar surface area (TPSA) is 38.0 Å². The maximum Gasteiger partial charge on any atom is 0.0778 e. The first-order chi connectivity index (χ1) is 5.88. The quantitative estimate of drug-likeness (QED) is 0.684. The second-order valence-electron chi connectivity index (χ2n) is 3.41. The summed E-state index contributed by atoms with van der Waals surface area (Å²) >= 11 is 0. The second-order valence-corrected chi connectivity index (χ2v) is 3.41. The maximum absolute atomic E-state index is 9.68. The van der Waals surface area contributed by atoms with Crippen LogP contribution in [0, 0.1) is 0 Å². The number of hydrogen-bond acceptors (Lipinski definition) is 2. The predicted molar refractivity (Wildman–Crippen MR) is 45.7 cm³/mol. The highest BCUT2D eigenvalue weighted by atomic mass is 16.3. The van der Waals surface area contributed by atoms with Gasteiger partial charge in [-0.05, 0) is 18.9 Å². The summed E-state index contributed by atoms with van der Waals surface area (Å²) in [7, 11) is 0. The van der Waals surface area contributed by atoms with E-state index in [1.54, 1.807) is 6.20 Å². The fourth-order valence-electron chi connectivity index (χ4n) is 1.88. The molecule has 2 atom stereocenters. The highest BCUT2D eigenvalue weighted by Gasteiger charge is 2.24. The Hall–Kier alpha value is -0.830. The van der Waals surface area contributed by atoms with Crippen molar-refractivity contribution in [1.82, 2.24) is 9.78 Å². The van der Waals surface area contributed by atoms with Gasteiger partial charge in [0.05, 0.1) is 12.1 Å². The standard InChI is InChI=1S/C9H14N2O/c12-9-5-2-1-4-8(9)11-7-3-6-10-11/h3,6-9,12H,1-2,4-5H2/t8-,9+/m1/s1. The van der Waals surface area contributed by atoms with Gasteiger partial charge in [0, 0.05) is 12.4 Å². The summed E-state index contributed by atoms with van der Waals surface area (Å²) < 4.78 is 1.88. The number of rotatable bonds is 1. The molecule has 0 aliphatic heterocycles. The van der Waals surface area contributed by atoms with Crippen molar-refractivity contribution in [2.24, 2.45) is 0 Å². The van der Waals surface area contributed by atoms with Crippen molar-refractivity contribution in [2.75, 3.05) is 0 Å². The van der Waals surface area contributed by atoms with Gasteiger partial charge in [-0.25, -0.2) is 0 Å². The van der Waals surface area contributed by atoms with Gasteiger partial charge in [-0.2, -0.15) is 5.10 Å². The Balaban J connectivity index is 2.11. The Morgan fingerprint density at radius 2 is 2.17 bits per heavy atom. The first-order valence-corrected chi connectivity index (χ1v) is 4.55. The van der Waals surface area contributed by atoms with E-state index in [0.717, 1.165) is 19.3 Å². The van der Waals surface area contributed by atoms with Gasteiger partial charge in [0.15, 0.2) is 0 Å². The minimum atomic E-state index is -0.196. The lowest BCUT2D eigenvalue weighted by Crippen LogP contribution is -2.27. The van der Waals surface area contributed by atoms with E-state index in [9.17, 15) is 5.11 Å². The summed E-state index contributed by atoms with van der Waals surface area (Å²) in [6, 6.07) is 2.12. The van der Waals surface area contributed by atoms with E-state index in [1.165, 1.54) is 6.42 Å². The van der Waals surface area contributed by atoms with E-state index in [0.29, 0.717) is 0 Å². The molecule has 3 heteroatoms. The van der Waals surface area contributed by atoms with Gasteiger partial charge in [-0.1, -0.05) is 12.8 Å². The molecule has 0 radical (unpaired) electrons. The molecule has 0 saturated heterocycles. The third-order valence-corrected chi connectivity index (χ3v) is 2.56. The largest absolute Gasteiger partial charge is 0.391 e. The third kappa shape index (κ3) is 1.37. The number of nitrogens with zero attached hydrogens (tertiary/aromatic N) is 2. The smallest absolute Gasteiger partial charge is 0.0778 e. The zero-order valence-corrected chi connectivity index (χ0v) is 7.06. The zero-order valence-electron chi connectivity index (χ0n) is 7.06. The number of hydrogen-bond donors (Lipinski definition) is 1. The first kappa shape index (κ1) is 7.80. The van der Waals surface area contributed by atoms with Gasteiger partial charge >= 0.3 is 0 Å². The van der Waals surface area contributed by atoms with Crippen LogP contribution in [0.2, 0.25) is 0 Å². The first-order valence-electron chi connectivity index (χ1n) is 4.55. The average Bonchev–Trinajstić information content (AvgIpc) is 2.57. The molecule has 1 fully saturated rings. The van der Waals surface area contributed by atoms with Gasteiger partial charge in [0.25, 0.3) is 0 Å². The number of aromatic nitrogens is 2. The van der Waals surface area contributed by atoms with Crippen LogP contribution in [0.25, 0.3) is 0 Å². The lowest BCUT2D eigenvalue weighted by Gasteiger charge is -2.27. The van der Waals surface area contributed by atoms with Crippen molar-refractivity contribution in [2.45, 2.75) is 37.8 Å². The van der Waals surface area contributed by atoms with Crippen molar-refractivity contribution >= 4 is 0 Å². The van der Waals surface area contributed by atoms with Gasteiger partial charge in [0.2, 0.25) is 0 Å². The SMILES string of the molecule is O[C@H]1CCCC[C@H]1n1cccn1. The molecule has 3 nitrogen and oxygen atoms in total. The minimum Gasteiger partial charge on any atom is -0.391 e. The molecule has 1 saturated carbocycles. The molecular weight excluding hydrogens is 152 g/mol. The molecule has 0 bridgehead atoms. The Morgan fingerprint density at radius 1 is 1.33 bits per heavy atom. The summed E-state index contributed by atoms with van der Waals surface area (Å²) in [5.41, 5.74) is 0. The molecule has 1 aromatic rings. The van der Waals surface area contributed by atoms with E-state index < -0.39 is 0 Å². The molecule has 12 heavy (non-hydrogen) atoms. The average molecular weight is 166 g/mol. The summed E-state index contributed by atoms with van der Waals surface area (Å²) in [4.78, 5) is 0. The van der Waals surface area contributed by atoms with E-state index >= 15 is 0 Å². The van der Waals surface area contributed by atoms with Crippen molar-refractivity contribution < 1.29 is 5.11 Å². The van der Waals surface area contributed by atoms with Crippen LogP contribution in [0.1, 0.15) is 31.7 Å².